The van der Waals surface area contributed by atoms with E-state index >= 15 is 0 Å². The van der Waals surface area contributed by atoms with Crippen molar-refractivity contribution in [3.05, 3.63) is 59.2 Å². The Balaban J connectivity index is 2.26. The molecule has 0 bridgehead atoms. The first-order chi connectivity index (χ1) is 8.79. The van der Waals surface area contributed by atoms with Gasteiger partial charge in [0.2, 0.25) is 0 Å². The molecule has 1 heteroatoms. The molecule has 0 aliphatic heterocycles. The second-order valence-electron chi connectivity index (χ2n) is 4.65. The minimum Gasteiger partial charge on any atom is -0.508 e. The highest BCUT2D eigenvalue weighted by atomic mass is 16.3. The third-order valence-corrected chi connectivity index (χ3v) is 3.12. The van der Waals surface area contributed by atoms with Gasteiger partial charge >= 0.3 is 0 Å². The van der Waals surface area contributed by atoms with Gasteiger partial charge in [0, 0.05) is 0 Å². The molecular formula is C17H20O. The van der Waals surface area contributed by atoms with E-state index in [0.29, 0.717) is 5.75 Å². The Morgan fingerprint density at radius 1 is 1.22 bits per heavy atom. The lowest BCUT2D eigenvalue weighted by Gasteiger charge is -2.11. The van der Waals surface area contributed by atoms with Crippen LogP contribution in [-0.4, -0.2) is 5.11 Å². The maximum Gasteiger partial charge on any atom is 0.115 e. The Morgan fingerprint density at radius 2 is 2.00 bits per heavy atom. The van der Waals surface area contributed by atoms with Gasteiger partial charge in [-0.25, -0.2) is 0 Å². The molecule has 2 rings (SSSR count). The van der Waals surface area contributed by atoms with Crippen LogP contribution in [0.1, 0.15) is 38.2 Å². The number of benzene rings is 1. The monoisotopic (exact) mass is 240 g/mol. The summed E-state index contributed by atoms with van der Waals surface area (Å²) < 4.78 is 0. The number of phenols is 1. The summed E-state index contributed by atoms with van der Waals surface area (Å²) in [4.78, 5) is 0. The molecule has 0 amide bonds. The number of aromatic hydroxyl groups is 1. The number of phenolic OH excluding ortho intramolecular Hbond substituents is 1. The van der Waals surface area contributed by atoms with E-state index in [9.17, 15) is 5.11 Å². The van der Waals surface area contributed by atoms with E-state index < -0.39 is 0 Å². The van der Waals surface area contributed by atoms with Gasteiger partial charge in [-0.1, -0.05) is 49.8 Å². The minimum absolute atomic E-state index is 0.320. The Hall–Kier alpha value is -1.76. The van der Waals surface area contributed by atoms with Crippen LogP contribution in [0.4, 0.5) is 0 Å². The average molecular weight is 240 g/mol. The van der Waals surface area contributed by atoms with Crippen LogP contribution in [-0.2, 0) is 0 Å². The standard InChI is InChI=1S/C17H20O/c1-2-6-16(15-7-4-3-5-8-15)13-14-9-11-17(18)12-10-14/h4,7-13,18H,2-3,5-6H2,1H3/b16-13-. The molecule has 1 aromatic carbocycles. The first-order valence-corrected chi connectivity index (χ1v) is 6.66. The number of rotatable bonds is 4. The summed E-state index contributed by atoms with van der Waals surface area (Å²) >= 11 is 0. The molecule has 1 aliphatic rings. The van der Waals surface area contributed by atoms with Gasteiger partial charge in [0.15, 0.2) is 0 Å². The summed E-state index contributed by atoms with van der Waals surface area (Å²) in [6.07, 6.45) is 13.6. The highest BCUT2D eigenvalue weighted by Crippen LogP contribution is 2.25. The molecule has 0 saturated carbocycles. The van der Waals surface area contributed by atoms with Gasteiger partial charge in [0.05, 0.1) is 0 Å². The second kappa shape index (κ2) is 6.25. The second-order valence-corrected chi connectivity index (χ2v) is 4.65. The van der Waals surface area contributed by atoms with Crippen molar-refractivity contribution in [2.75, 3.05) is 0 Å². The maximum absolute atomic E-state index is 9.30. The van der Waals surface area contributed by atoms with Crippen LogP contribution in [0.2, 0.25) is 0 Å². The lowest BCUT2D eigenvalue weighted by molar-refractivity contribution is 0.475. The first kappa shape index (κ1) is 12.7. The van der Waals surface area contributed by atoms with Gasteiger partial charge in [0.1, 0.15) is 5.75 Å². The highest BCUT2D eigenvalue weighted by molar-refractivity contribution is 5.61. The largest absolute Gasteiger partial charge is 0.508 e. The van der Waals surface area contributed by atoms with E-state index in [2.05, 4.69) is 31.2 Å². The van der Waals surface area contributed by atoms with E-state index in [4.69, 9.17) is 0 Å². The summed E-state index contributed by atoms with van der Waals surface area (Å²) in [5, 5.41) is 9.30. The number of allylic oxidation sites excluding steroid dienone is 5. The summed E-state index contributed by atoms with van der Waals surface area (Å²) in [7, 11) is 0. The van der Waals surface area contributed by atoms with E-state index in [-0.39, 0.29) is 0 Å². The van der Waals surface area contributed by atoms with Gasteiger partial charge in [-0.3, -0.25) is 0 Å². The lowest BCUT2D eigenvalue weighted by atomic mass is 9.94. The zero-order valence-corrected chi connectivity index (χ0v) is 10.9. The van der Waals surface area contributed by atoms with Crippen molar-refractivity contribution >= 4 is 6.08 Å². The van der Waals surface area contributed by atoms with E-state index in [1.54, 1.807) is 12.1 Å². The van der Waals surface area contributed by atoms with E-state index in [1.165, 1.54) is 11.1 Å². The average Bonchev–Trinajstić information content (AvgIpc) is 2.42. The van der Waals surface area contributed by atoms with Crippen molar-refractivity contribution in [1.29, 1.82) is 0 Å². The molecule has 18 heavy (non-hydrogen) atoms. The van der Waals surface area contributed by atoms with Gasteiger partial charge in [-0.15, -0.1) is 0 Å². The topological polar surface area (TPSA) is 20.2 Å². The SMILES string of the molecule is CCC/C(=C/c1ccc(O)cc1)C1=CCCC=C1. The predicted octanol–water partition coefficient (Wildman–Crippen LogP) is 4.85. The predicted molar refractivity (Wildman–Crippen MR) is 77.4 cm³/mol. The van der Waals surface area contributed by atoms with Crippen LogP contribution in [0.5, 0.6) is 5.75 Å². The summed E-state index contributed by atoms with van der Waals surface area (Å²) in [6.45, 7) is 2.21. The first-order valence-electron chi connectivity index (χ1n) is 6.66. The molecule has 0 radical (unpaired) electrons. The molecular weight excluding hydrogens is 220 g/mol. The summed E-state index contributed by atoms with van der Waals surface area (Å²) in [5.74, 6) is 0.320. The van der Waals surface area contributed by atoms with Crippen LogP contribution < -0.4 is 0 Å². The fourth-order valence-electron chi connectivity index (χ4n) is 2.19. The quantitative estimate of drug-likeness (QED) is 0.797. The van der Waals surface area contributed by atoms with Gasteiger partial charge in [-0.05, 0) is 48.1 Å². The van der Waals surface area contributed by atoms with E-state index in [1.807, 2.05) is 12.1 Å². The molecule has 1 aromatic rings. The van der Waals surface area contributed by atoms with Crippen LogP contribution >= 0.6 is 0 Å². The fourth-order valence-corrected chi connectivity index (χ4v) is 2.19. The lowest BCUT2D eigenvalue weighted by Crippen LogP contribution is -1.91. The van der Waals surface area contributed by atoms with Crippen molar-refractivity contribution in [2.45, 2.75) is 32.6 Å². The molecule has 0 aromatic heterocycles. The Morgan fingerprint density at radius 3 is 2.61 bits per heavy atom. The Bertz CT molecular complexity index is 475. The third kappa shape index (κ3) is 3.36. The molecule has 0 saturated heterocycles. The Kier molecular flexibility index (Phi) is 4.40. The summed E-state index contributed by atoms with van der Waals surface area (Å²) in [5.41, 5.74) is 3.89. The van der Waals surface area contributed by atoms with Crippen molar-refractivity contribution < 1.29 is 5.11 Å². The third-order valence-electron chi connectivity index (χ3n) is 3.12. The Labute approximate surface area is 109 Å². The maximum atomic E-state index is 9.30. The molecule has 0 fully saturated rings. The number of hydrogen-bond donors (Lipinski definition) is 1. The number of hydrogen-bond acceptors (Lipinski definition) is 1. The van der Waals surface area contributed by atoms with Gasteiger partial charge in [0.25, 0.3) is 0 Å². The molecule has 1 nitrogen and oxygen atoms in total. The molecule has 0 unspecified atom stereocenters. The molecule has 94 valence electrons. The molecule has 1 aliphatic carbocycles. The van der Waals surface area contributed by atoms with Crippen molar-refractivity contribution in [3.8, 4) is 5.75 Å². The van der Waals surface area contributed by atoms with Crippen molar-refractivity contribution in [2.24, 2.45) is 0 Å². The highest BCUT2D eigenvalue weighted by Gasteiger charge is 2.04. The zero-order valence-electron chi connectivity index (χ0n) is 10.9. The van der Waals surface area contributed by atoms with Crippen molar-refractivity contribution in [1.82, 2.24) is 0 Å². The van der Waals surface area contributed by atoms with Crippen LogP contribution in [0, 0.1) is 0 Å². The van der Waals surface area contributed by atoms with E-state index in [0.717, 1.165) is 31.2 Å². The normalized spacial score (nSPS) is 15.6. The summed E-state index contributed by atoms with van der Waals surface area (Å²) in [6, 6.07) is 7.39. The van der Waals surface area contributed by atoms with Gasteiger partial charge in [-0.2, -0.15) is 0 Å². The molecule has 0 heterocycles. The van der Waals surface area contributed by atoms with Crippen LogP contribution in [0.25, 0.3) is 6.08 Å². The van der Waals surface area contributed by atoms with Gasteiger partial charge < -0.3 is 5.11 Å². The van der Waals surface area contributed by atoms with Crippen LogP contribution in [0.3, 0.4) is 0 Å². The smallest absolute Gasteiger partial charge is 0.115 e. The minimum atomic E-state index is 0.320. The molecule has 1 N–H and O–H groups in total. The zero-order chi connectivity index (χ0) is 12.8. The molecule has 0 atom stereocenters. The molecule has 0 spiro atoms. The van der Waals surface area contributed by atoms with Crippen molar-refractivity contribution in [3.63, 3.8) is 0 Å². The fraction of sp³-hybridized carbons (Fsp3) is 0.294. The van der Waals surface area contributed by atoms with Crippen LogP contribution in [0.15, 0.2) is 53.6 Å².